The van der Waals surface area contributed by atoms with Gasteiger partial charge in [0, 0.05) is 4.47 Å². The van der Waals surface area contributed by atoms with E-state index >= 15 is 0 Å². The van der Waals surface area contributed by atoms with E-state index in [1.165, 1.54) is 0 Å². The van der Waals surface area contributed by atoms with Gasteiger partial charge in [-0.2, -0.15) is 0 Å². The number of carbonyl (C=O) groups is 1. The largest absolute Gasteiger partial charge is 0.341 e. The van der Waals surface area contributed by atoms with Crippen LogP contribution in [0.25, 0.3) is 0 Å². The van der Waals surface area contributed by atoms with Gasteiger partial charge in [-0.05, 0) is 37.0 Å². The molecule has 0 saturated heterocycles. The molecule has 3 N–H and O–H groups in total. The van der Waals surface area contributed by atoms with Gasteiger partial charge in [0.1, 0.15) is 0 Å². The Hall–Kier alpha value is -1.89. The van der Waals surface area contributed by atoms with E-state index in [0.29, 0.717) is 0 Å². The van der Waals surface area contributed by atoms with Gasteiger partial charge in [-0.1, -0.05) is 28.1 Å². The molecule has 7 heteroatoms. The summed E-state index contributed by atoms with van der Waals surface area (Å²) in [6.07, 6.45) is 2.82. The molecule has 104 valence electrons. The lowest BCUT2D eigenvalue weighted by atomic mass is 9.72. The van der Waals surface area contributed by atoms with Crippen molar-refractivity contribution in [2.24, 2.45) is 0 Å². The molecular weight excluding hydrogens is 324 g/mol. The van der Waals surface area contributed by atoms with Crippen molar-refractivity contribution < 1.29 is 4.79 Å². The van der Waals surface area contributed by atoms with Crippen LogP contribution in [0.5, 0.6) is 0 Å². The Morgan fingerprint density at radius 2 is 2.20 bits per heavy atom. The molecule has 0 spiro atoms. The summed E-state index contributed by atoms with van der Waals surface area (Å²) in [5, 5.41) is 8.84. The smallest absolute Gasteiger partial charge is 0.340 e. The molecular formula is C13H13BrN4O2. The van der Waals surface area contributed by atoms with Gasteiger partial charge in [0.05, 0.1) is 5.54 Å². The number of carbonyl (C=O) groups excluding carboxylic acids is 1. The molecule has 0 unspecified atom stereocenters. The van der Waals surface area contributed by atoms with Crippen LogP contribution < -0.4 is 11.0 Å². The first-order chi connectivity index (χ1) is 9.59. The topological polar surface area (TPSA) is 90.6 Å². The maximum atomic E-state index is 12.1. The van der Waals surface area contributed by atoms with Gasteiger partial charge in [0.25, 0.3) is 5.91 Å². The number of rotatable bonds is 3. The predicted molar refractivity (Wildman–Crippen MR) is 76.3 cm³/mol. The summed E-state index contributed by atoms with van der Waals surface area (Å²) >= 11 is 3.44. The molecule has 0 atom stereocenters. The molecule has 1 aliphatic carbocycles. The first-order valence-electron chi connectivity index (χ1n) is 6.32. The Morgan fingerprint density at radius 3 is 2.75 bits per heavy atom. The number of nitrogens with zero attached hydrogens (tertiary/aromatic N) is 1. The highest BCUT2D eigenvalue weighted by molar-refractivity contribution is 9.10. The van der Waals surface area contributed by atoms with Gasteiger partial charge in [0.2, 0.25) is 5.82 Å². The standard InChI is InChI=1S/C13H13BrN4O2/c14-9-4-1-3-8(7-9)13(5-2-6-13)16-11(19)10-15-12(20)18-17-10/h1,3-4,7H,2,5-6H2,(H,16,19)(H2,15,17,18,20). The average Bonchev–Trinajstić information content (AvgIpc) is 2.80. The lowest BCUT2D eigenvalue weighted by Gasteiger charge is -2.43. The summed E-state index contributed by atoms with van der Waals surface area (Å²) in [6, 6.07) is 7.90. The summed E-state index contributed by atoms with van der Waals surface area (Å²) in [4.78, 5) is 25.5. The monoisotopic (exact) mass is 336 g/mol. The number of H-pyrrole nitrogens is 2. The van der Waals surface area contributed by atoms with Crippen molar-refractivity contribution in [2.75, 3.05) is 0 Å². The van der Waals surface area contributed by atoms with Crippen molar-refractivity contribution in [3.05, 3.63) is 50.6 Å². The van der Waals surface area contributed by atoms with Crippen molar-refractivity contribution in [1.82, 2.24) is 20.5 Å². The minimum absolute atomic E-state index is 0.0104. The third-order valence-corrected chi connectivity index (χ3v) is 4.15. The van der Waals surface area contributed by atoms with E-state index in [2.05, 4.69) is 36.4 Å². The van der Waals surface area contributed by atoms with Crippen LogP contribution in [-0.2, 0) is 5.54 Å². The van der Waals surface area contributed by atoms with Crippen molar-refractivity contribution in [1.29, 1.82) is 0 Å². The van der Waals surface area contributed by atoms with Crippen molar-refractivity contribution in [3.63, 3.8) is 0 Å². The highest BCUT2D eigenvalue weighted by Crippen LogP contribution is 2.42. The fourth-order valence-corrected chi connectivity index (χ4v) is 2.86. The van der Waals surface area contributed by atoms with Crippen LogP contribution in [0.1, 0.15) is 35.4 Å². The quantitative estimate of drug-likeness (QED) is 0.796. The number of hydrogen-bond acceptors (Lipinski definition) is 3. The number of aromatic amines is 2. The third-order valence-electron chi connectivity index (χ3n) is 3.65. The van der Waals surface area contributed by atoms with Gasteiger partial charge >= 0.3 is 5.69 Å². The van der Waals surface area contributed by atoms with Crippen LogP contribution in [0.15, 0.2) is 33.5 Å². The van der Waals surface area contributed by atoms with Gasteiger partial charge in [0.15, 0.2) is 0 Å². The lowest BCUT2D eigenvalue weighted by molar-refractivity contribution is 0.0812. The van der Waals surface area contributed by atoms with Crippen LogP contribution >= 0.6 is 15.9 Å². The zero-order valence-corrected chi connectivity index (χ0v) is 12.2. The first kappa shape index (κ1) is 13.1. The zero-order chi connectivity index (χ0) is 14.2. The number of amides is 1. The molecule has 20 heavy (non-hydrogen) atoms. The minimum atomic E-state index is -0.486. The van der Waals surface area contributed by atoms with Gasteiger partial charge < -0.3 is 5.32 Å². The molecule has 6 nitrogen and oxygen atoms in total. The molecule has 3 rings (SSSR count). The molecule has 1 heterocycles. The first-order valence-corrected chi connectivity index (χ1v) is 7.12. The Labute approximate surface area is 123 Å². The van der Waals surface area contributed by atoms with Gasteiger partial charge in [-0.15, -0.1) is 5.10 Å². The summed E-state index contributed by atoms with van der Waals surface area (Å²) in [7, 11) is 0. The molecule has 1 aromatic carbocycles. The van der Waals surface area contributed by atoms with E-state index in [9.17, 15) is 9.59 Å². The highest BCUT2D eigenvalue weighted by Gasteiger charge is 2.40. The molecule has 0 radical (unpaired) electrons. The van der Waals surface area contributed by atoms with Crippen LogP contribution in [0, 0.1) is 0 Å². The molecule has 0 aliphatic heterocycles. The maximum absolute atomic E-state index is 12.1. The van der Waals surface area contributed by atoms with E-state index in [4.69, 9.17) is 0 Å². The summed E-state index contributed by atoms with van der Waals surface area (Å²) < 4.78 is 0.976. The predicted octanol–water partition coefficient (Wildman–Crippen LogP) is 1.67. The van der Waals surface area contributed by atoms with Gasteiger partial charge in [-0.25, -0.2) is 9.89 Å². The molecule has 1 aliphatic rings. The molecule has 1 saturated carbocycles. The van der Waals surface area contributed by atoms with Crippen molar-refractivity contribution >= 4 is 21.8 Å². The number of nitrogens with one attached hydrogen (secondary N) is 3. The molecule has 0 bridgehead atoms. The van der Waals surface area contributed by atoms with E-state index in [1.54, 1.807) is 0 Å². The van der Waals surface area contributed by atoms with Crippen LogP contribution in [0.4, 0.5) is 0 Å². The minimum Gasteiger partial charge on any atom is -0.340 e. The summed E-state index contributed by atoms with van der Waals surface area (Å²) in [5.41, 5.74) is 0.209. The second kappa shape index (κ2) is 4.90. The number of hydrogen-bond donors (Lipinski definition) is 3. The van der Waals surface area contributed by atoms with Gasteiger partial charge in [-0.3, -0.25) is 9.78 Å². The second-order valence-corrected chi connectivity index (χ2v) is 5.84. The Kier molecular flexibility index (Phi) is 3.21. The van der Waals surface area contributed by atoms with Crippen molar-refractivity contribution in [2.45, 2.75) is 24.8 Å². The fraction of sp³-hybridized carbons (Fsp3) is 0.308. The zero-order valence-electron chi connectivity index (χ0n) is 10.6. The molecule has 2 aromatic rings. The van der Waals surface area contributed by atoms with Crippen LogP contribution in [-0.4, -0.2) is 21.1 Å². The molecule has 1 amide bonds. The number of halogens is 1. The SMILES string of the molecule is O=C(NC1(c2cccc(Br)c2)CCC1)c1n[nH]c(=O)[nH]1. The third kappa shape index (κ3) is 2.29. The average molecular weight is 337 g/mol. The summed E-state index contributed by atoms with van der Waals surface area (Å²) in [6.45, 7) is 0. The van der Waals surface area contributed by atoms with Crippen LogP contribution in [0.2, 0.25) is 0 Å². The molecule has 1 aromatic heterocycles. The number of benzene rings is 1. The van der Waals surface area contributed by atoms with E-state index in [0.717, 1.165) is 29.3 Å². The Balaban J connectivity index is 1.87. The summed E-state index contributed by atoms with van der Waals surface area (Å²) in [5.74, 6) is -0.362. The second-order valence-electron chi connectivity index (χ2n) is 4.93. The number of aromatic nitrogens is 3. The fourth-order valence-electron chi connectivity index (χ4n) is 2.46. The highest BCUT2D eigenvalue weighted by atomic mass is 79.9. The normalized spacial score (nSPS) is 16.4. The molecule has 1 fully saturated rings. The lowest BCUT2D eigenvalue weighted by Crippen LogP contribution is -2.51. The Bertz CT molecular complexity index is 702. The van der Waals surface area contributed by atoms with Crippen molar-refractivity contribution in [3.8, 4) is 0 Å². The Morgan fingerprint density at radius 1 is 1.40 bits per heavy atom. The van der Waals surface area contributed by atoms with E-state index in [1.807, 2.05) is 24.3 Å². The van der Waals surface area contributed by atoms with E-state index in [-0.39, 0.29) is 17.3 Å². The van der Waals surface area contributed by atoms with E-state index < -0.39 is 5.69 Å². The van der Waals surface area contributed by atoms with Crippen LogP contribution in [0.3, 0.4) is 0 Å². The maximum Gasteiger partial charge on any atom is 0.341 e.